The van der Waals surface area contributed by atoms with Crippen molar-refractivity contribution in [3.63, 3.8) is 0 Å². The second-order valence-corrected chi connectivity index (χ2v) is 4.36. The van der Waals surface area contributed by atoms with Crippen LogP contribution in [0, 0.1) is 0 Å². The van der Waals surface area contributed by atoms with Gasteiger partial charge in [-0.05, 0) is 26.0 Å². The minimum atomic E-state index is -0.255. The second kappa shape index (κ2) is 5.14. The molecule has 0 bridgehead atoms. The highest BCUT2D eigenvalue weighted by Gasteiger charge is 2.25. The average Bonchev–Trinajstić information content (AvgIpc) is 3.13. The summed E-state index contributed by atoms with van der Waals surface area (Å²) in [4.78, 5) is 17.7. The zero-order valence-electron chi connectivity index (χ0n) is 9.89. The summed E-state index contributed by atoms with van der Waals surface area (Å²) >= 11 is 0. The van der Waals surface area contributed by atoms with Gasteiger partial charge in [0, 0.05) is 25.3 Å². The third-order valence-electron chi connectivity index (χ3n) is 2.96. The van der Waals surface area contributed by atoms with Crippen molar-refractivity contribution in [2.24, 2.45) is 0 Å². The summed E-state index contributed by atoms with van der Waals surface area (Å²) in [5, 5.41) is 12.2. The number of amides is 1. The molecule has 0 atom stereocenters. The lowest BCUT2D eigenvalue weighted by Gasteiger charge is -2.15. The summed E-state index contributed by atoms with van der Waals surface area (Å²) in [7, 11) is 2.06. The highest BCUT2D eigenvalue weighted by Crippen LogP contribution is 2.24. The van der Waals surface area contributed by atoms with Crippen molar-refractivity contribution >= 4 is 5.91 Å². The number of hydrogen-bond donors (Lipinski definition) is 2. The molecular weight excluding hydrogens is 218 g/mol. The highest BCUT2D eigenvalue weighted by molar-refractivity contribution is 5.96. The Hall–Kier alpha value is -1.62. The van der Waals surface area contributed by atoms with E-state index in [0.29, 0.717) is 12.6 Å². The lowest BCUT2D eigenvalue weighted by Crippen LogP contribution is -2.34. The maximum absolute atomic E-state index is 11.7. The van der Waals surface area contributed by atoms with E-state index in [1.165, 1.54) is 31.3 Å². The van der Waals surface area contributed by atoms with Crippen molar-refractivity contribution in [2.45, 2.75) is 18.9 Å². The van der Waals surface area contributed by atoms with Crippen LogP contribution >= 0.6 is 0 Å². The van der Waals surface area contributed by atoms with Crippen LogP contribution in [0.25, 0.3) is 0 Å². The molecule has 5 nitrogen and oxygen atoms in total. The Morgan fingerprint density at radius 1 is 1.65 bits per heavy atom. The predicted molar refractivity (Wildman–Crippen MR) is 63.9 cm³/mol. The topological polar surface area (TPSA) is 65.5 Å². The fraction of sp³-hybridized carbons (Fsp3) is 0.500. The third kappa shape index (κ3) is 3.17. The van der Waals surface area contributed by atoms with E-state index < -0.39 is 0 Å². The Bertz CT molecular complexity index is 404. The largest absolute Gasteiger partial charge is 0.505 e. The first-order chi connectivity index (χ1) is 8.18. The lowest BCUT2D eigenvalue weighted by molar-refractivity contribution is 0.0946. The Kier molecular flexibility index (Phi) is 3.58. The number of aromatic hydroxyl groups is 1. The molecule has 1 aromatic heterocycles. The lowest BCUT2D eigenvalue weighted by atomic mass is 10.2. The second-order valence-electron chi connectivity index (χ2n) is 4.36. The summed E-state index contributed by atoms with van der Waals surface area (Å²) in [6, 6.07) is 2.20. The Morgan fingerprint density at radius 3 is 3.06 bits per heavy atom. The van der Waals surface area contributed by atoms with Crippen LogP contribution in [0.3, 0.4) is 0 Å². The van der Waals surface area contributed by atoms with Gasteiger partial charge in [-0.2, -0.15) is 0 Å². The summed E-state index contributed by atoms with van der Waals surface area (Å²) in [5.41, 5.74) is 0.272. The smallest absolute Gasteiger partial charge is 0.255 e. The van der Waals surface area contributed by atoms with Crippen LogP contribution in [0.4, 0.5) is 0 Å². The molecule has 2 N–H and O–H groups in total. The molecule has 5 heteroatoms. The number of likely N-dealkylation sites (N-methyl/N-ethyl adjacent to an activating group) is 1. The van der Waals surface area contributed by atoms with Crippen LogP contribution in [-0.4, -0.2) is 47.1 Å². The number of nitrogens with one attached hydrogen (secondary N) is 1. The minimum absolute atomic E-state index is 0.0828. The summed E-state index contributed by atoms with van der Waals surface area (Å²) in [6.07, 6.45) is 5.28. The van der Waals surface area contributed by atoms with E-state index >= 15 is 0 Å². The molecular formula is C12H17N3O2. The van der Waals surface area contributed by atoms with Crippen LogP contribution in [-0.2, 0) is 0 Å². The molecule has 92 valence electrons. The van der Waals surface area contributed by atoms with Crippen molar-refractivity contribution in [2.75, 3.05) is 20.1 Å². The van der Waals surface area contributed by atoms with Gasteiger partial charge in [-0.1, -0.05) is 0 Å². The molecule has 0 aromatic carbocycles. The summed E-state index contributed by atoms with van der Waals surface area (Å²) in [6.45, 7) is 1.43. The summed E-state index contributed by atoms with van der Waals surface area (Å²) in [5.74, 6) is -0.338. The van der Waals surface area contributed by atoms with Crippen LogP contribution in [0.2, 0.25) is 0 Å². The van der Waals surface area contributed by atoms with E-state index in [2.05, 4.69) is 22.2 Å². The van der Waals surface area contributed by atoms with Crippen molar-refractivity contribution in [3.05, 3.63) is 24.0 Å². The van der Waals surface area contributed by atoms with Gasteiger partial charge in [0.25, 0.3) is 5.91 Å². The SMILES string of the molecule is CN(CCNC(=O)c1ccncc1O)C1CC1. The summed E-state index contributed by atoms with van der Waals surface area (Å²) < 4.78 is 0. The fourth-order valence-corrected chi connectivity index (χ4v) is 1.72. The number of aromatic nitrogens is 1. The van der Waals surface area contributed by atoms with E-state index in [-0.39, 0.29) is 17.2 Å². The molecule has 0 saturated heterocycles. The van der Waals surface area contributed by atoms with E-state index in [0.717, 1.165) is 6.54 Å². The maximum atomic E-state index is 11.7. The number of rotatable bonds is 5. The van der Waals surface area contributed by atoms with Crippen molar-refractivity contribution in [1.29, 1.82) is 0 Å². The van der Waals surface area contributed by atoms with Crippen molar-refractivity contribution in [1.82, 2.24) is 15.2 Å². The van der Waals surface area contributed by atoms with Crippen LogP contribution in [0.5, 0.6) is 5.75 Å². The first-order valence-electron chi connectivity index (χ1n) is 5.80. The molecule has 1 aliphatic rings. The first kappa shape index (κ1) is 11.9. The minimum Gasteiger partial charge on any atom is -0.505 e. The molecule has 1 fully saturated rings. The Labute approximate surface area is 100 Å². The van der Waals surface area contributed by atoms with Crippen LogP contribution in [0.1, 0.15) is 23.2 Å². The monoisotopic (exact) mass is 235 g/mol. The van der Waals surface area contributed by atoms with Crippen LogP contribution in [0.15, 0.2) is 18.5 Å². The normalized spacial score (nSPS) is 14.9. The van der Waals surface area contributed by atoms with Gasteiger partial charge in [-0.25, -0.2) is 0 Å². The Morgan fingerprint density at radius 2 is 2.41 bits per heavy atom. The molecule has 1 aliphatic carbocycles. The zero-order valence-corrected chi connectivity index (χ0v) is 9.89. The molecule has 1 saturated carbocycles. The quantitative estimate of drug-likeness (QED) is 0.785. The first-order valence-corrected chi connectivity index (χ1v) is 5.80. The number of hydrogen-bond acceptors (Lipinski definition) is 4. The van der Waals surface area contributed by atoms with Gasteiger partial charge in [0.1, 0.15) is 5.75 Å². The predicted octanol–water partition coefficient (Wildman–Crippen LogP) is 0.611. The van der Waals surface area contributed by atoms with Crippen molar-refractivity contribution < 1.29 is 9.90 Å². The molecule has 0 radical (unpaired) electrons. The van der Waals surface area contributed by atoms with Gasteiger partial charge in [0.2, 0.25) is 0 Å². The molecule has 1 heterocycles. The third-order valence-corrected chi connectivity index (χ3v) is 2.96. The number of carbonyl (C=O) groups excluding carboxylic acids is 1. The van der Waals surface area contributed by atoms with E-state index in [4.69, 9.17) is 0 Å². The molecule has 2 rings (SSSR count). The maximum Gasteiger partial charge on any atom is 0.255 e. The van der Waals surface area contributed by atoms with Gasteiger partial charge in [0.05, 0.1) is 11.8 Å². The molecule has 1 amide bonds. The standard InChI is InChI=1S/C12H17N3O2/c1-15(9-2-3-9)7-6-14-12(17)10-4-5-13-8-11(10)16/h4-5,8-9,16H,2-3,6-7H2,1H3,(H,14,17). The van der Waals surface area contributed by atoms with Gasteiger partial charge in [0.15, 0.2) is 0 Å². The van der Waals surface area contributed by atoms with Gasteiger partial charge >= 0.3 is 0 Å². The number of pyridine rings is 1. The van der Waals surface area contributed by atoms with E-state index in [1.807, 2.05) is 0 Å². The molecule has 17 heavy (non-hydrogen) atoms. The number of nitrogens with zero attached hydrogens (tertiary/aromatic N) is 2. The van der Waals surface area contributed by atoms with Crippen LogP contribution < -0.4 is 5.32 Å². The highest BCUT2D eigenvalue weighted by atomic mass is 16.3. The zero-order chi connectivity index (χ0) is 12.3. The average molecular weight is 235 g/mol. The van der Waals surface area contributed by atoms with E-state index in [1.54, 1.807) is 0 Å². The van der Waals surface area contributed by atoms with Gasteiger partial charge in [-0.3, -0.25) is 9.78 Å². The number of carbonyl (C=O) groups is 1. The Balaban J connectivity index is 1.79. The van der Waals surface area contributed by atoms with Crippen molar-refractivity contribution in [3.8, 4) is 5.75 Å². The molecule has 0 spiro atoms. The molecule has 0 aliphatic heterocycles. The van der Waals surface area contributed by atoms with Gasteiger partial charge in [-0.15, -0.1) is 0 Å². The fourth-order valence-electron chi connectivity index (χ4n) is 1.72. The van der Waals surface area contributed by atoms with Gasteiger partial charge < -0.3 is 15.3 Å². The molecule has 1 aromatic rings. The van der Waals surface area contributed by atoms with E-state index in [9.17, 15) is 9.90 Å². The molecule has 0 unspecified atom stereocenters.